The Hall–Kier alpha value is -0.910. The van der Waals surface area contributed by atoms with E-state index in [0.717, 1.165) is 0 Å². The average molecular weight is 343 g/mol. The molecule has 3 heterocycles. The SMILES string of the molecule is CC[C@H]1O[C@@H](n2cnc3c(NC)ncnc32)C(OPP)[C@H]1O. The molecule has 0 saturated carbocycles. The number of nitrogens with zero attached hydrogens (tertiary/aromatic N) is 4. The van der Waals surface area contributed by atoms with Crippen LogP contribution in [-0.2, 0) is 9.26 Å². The standard InChI is InChI=1S/C12H19N5O3P2/c1-3-6-8(18)9(20-22-21)12(19-6)17-5-16-7-10(13-2)14-4-15-11(7)17/h4-6,8-9,12,18,22H,3,21H2,1-2H3,(H,13,14,15)/t6-,8+,9?,12-/m1/s1. The Bertz CT molecular complexity index is 655. The van der Waals surface area contributed by atoms with Gasteiger partial charge in [0.2, 0.25) is 0 Å². The van der Waals surface area contributed by atoms with Crippen LogP contribution in [0.4, 0.5) is 5.82 Å². The van der Waals surface area contributed by atoms with E-state index in [1.807, 2.05) is 6.92 Å². The van der Waals surface area contributed by atoms with E-state index in [0.29, 0.717) is 23.4 Å². The van der Waals surface area contributed by atoms with Gasteiger partial charge >= 0.3 is 0 Å². The van der Waals surface area contributed by atoms with Crippen LogP contribution in [0.3, 0.4) is 0 Å². The second kappa shape index (κ2) is 6.69. The third-order valence-electron chi connectivity index (χ3n) is 3.79. The van der Waals surface area contributed by atoms with Crippen molar-refractivity contribution in [3.8, 4) is 0 Å². The van der Waals surface area contributed by atoms with Crippen LogP contribution >= 0.6 is 17.4 Å². The summed E-state index contributed by atoms with van der Waals surface area (Å²) in [6.45, 7) is 1.98. The maximum absolute atomic E-state index is 10.4. The number of ether oxygens (including phenoxy) is 1. The van der Waals surface area contributed by atoms with Crippen molar-refractivity contribution >= 4 is 34.4 Å². The van der Waals surface area contributed by atoms with Crippen molar-refractivity contribution in [3.05, 3.63) is 12.7 Å². The molecular weight excluding hydrogens is 324 g/mol. The number of aliphatic hydroxyl groups is 1. The zero-order valence-electron chi connectivity index (χ0n) is 12.3. The molecule has 8 nitrogen and oxygen atoms in total. The van der Waals surface area contributed by atoms with Crippen LogP contribution in [0.1, 0.15) is 19.6 Å². The van der Waals surface area contributed by atoms with Crippen LogP contribution < -0.4 is 5.32 Å². The molecule has 10 heteroatoms. The number of aliphatic hydroxyl groups excluding tert-OH is 1. The molecule has 3 unspecified atom stereocenters. The smallest absolute Gasteiger partial charge is 0.167 e. The molecule has 1 saturated heterocycles. The predicted molar refractivity (Wildman–Crippen MR) is 88.0 cm³/mol. The number of hydrogen-bond acceptors (Lipinski definition) is 7. The van der Waals surface area contributed by atoms with E-state index in [2.05, 4.69) is 29.2 Å². The number of aromatic nitrogens is 4. The van der Waals surface area contributed by atoms with E-state index in [-0.39, 0.29) is 14.6 Å². The first-order chi connectivity index (χ1) is 10.7. The first kappa shape index (κ1) is 16.0. The number of hydrogen-bond donors (Lipinski definition) is 2. The lowest BCUT2D eigenvalue weighted by molar-refractivity contribution is -0.0280. The molecule has 22 heavy (non-hydrogen) atoms. The van der Waals surface area contributed by atoms with Crippen LogP contribution in [0.5, 0.6) is 0 Å². The maximum atomic E-state index is 10.4. The largest absolute Gasteiger partial charge is 0.387 e. The van der Waals surface area contributed by atoms with Gasteiger partial charge in [-0.15, -0.1) is 0 Å². The predicted octanol–water partition coefficient (Wildman–Crippen LogP) is 1.31. The highest BCUT2D eigenvalue weighted by Gasteiger charge is 2.45. The van der Waals surface area contributed by atoms with E-state index < -0.39 is 18.4 Å². The number of nitrogens with one attached hydrogen (secondary N) is 1. The van der Waals surface area contributed by atoms with Crippen molar-refractivity contribution in [2.45, 2.75) is 37.9 Å². The number of anilines is 1. The Morgan fingerprint density at radius 3 is 3.00 bits per heavy atom. The van der Waals surface area contributed by atoms with Crippen molar-refractivity contribution in [2.24, 2.45) is 0 Å². The van der Waals surface area contributed by atoms with Gasteiger partial charge in [0.05, 0.1) is 12.4 Å². The molecule has 0 amide bonds. The normalized spacial score (nSPS) is 28.9. The highest BCUT2D eigenvalue weighted by molar-refractivity contribution is 8.00. The lowest BCUT2D eigenvalue weighted by Gasteiger charge is -2.21. The van der Waals surface area contributed by atoms with Crippen molar-refractivity contribution in [1.29, 1.82) is 0 Å². The van der Waals surface area contributed by atoms with Crippen LogP contribution in [0.25, 0.3) is 11.2 Å². The molecule has 1 aliphatic heterocycles. The first-order valence-corrected chi connectivity index (χ1v) is 9.73. The van der Waals surface area contributed by atoms with Gasteiger partial charge in [0.1, 0.15) is 24.1 Å². The molecule has 0 bridgehead atoms. The van der Waals surface area contributed by atoms with Gasteiger partial charge in [0, 0.05) is 15.5 Å². The topological polar surface area (TPSA) is 94.3 Å². The summed E-state index contributed by atoms with van der Waals surface area (Å²) >= 11 is 0. The number of fused-ring (bicyclic) bond motifs is 1. The van der Waals surface area contributed by atoms with E-state index in [1.54, 1.807) is 17.9 Å². The molecule has 3 rings (SSSR count). The molecular formula is C12H19N5O3P2. The van der Waals surface area contributed by atoms with Crippen molar-refractivity contribution in [1.82, 2.24) is 19.5 Å². The van der Waals surface area contributed by atoms with E-state index in [1.165, 1.54) is 6.33 Å². The highest BCUT2D eigenvalue weighted by atomic mass is 32.0. The Labute approximate surface area is 132 Å². The second-order valence-corrected chi connectivity index (χ2v) is 6.14. The van der Waals surface area contributed by atoms with Gasteiger partial charge in [-0.05, 0) is 6.42 Å². The summed E-state index contributed by atoms with van der Waals surface area (Å²) in [6.07, 6.45) is 1.98. The number of imidazole rings is 1. The van der Waals surface area contributed by atoms with Crippen molar-refractivity contribution < 1.29 is 14.4 Å². The zero-order valence-corrected chi connectivity index (χ0v) is 14.5. The molecule has 1 fully saturated rings. The van der Waals surface area contributed by atoms with Gasteiger partial charge in [-0.3, -0.25) is 4.57 Å². The lowest BCUT2D eigenvalue weighted by atomic mass is 10.1. The molecule has 2 aromatic heterocycles. The molecule has 6 atom stereocenters. The minimum atomic E-state index is -0.675. The van der Waals surface area contributed by atoms with Gasteiger partial charge in [-0.2, -0.15) is 0 Å². The van der Waals surface area contributed by atoms with Crippen LogP contribution in [0.2, 0.25) is 0 Å². The molecule has 0 aliphatic carbocycles. The monoisotopic (exact) mass is 343 g/mol. The van der Waals surface area contributed by atoms with Gasteiger partial charge in [-0.1, -0.05) is 15.9 Å². The fraction of sp³-hybridized carbons (Fsp3) is 0.583. The van der Waals surface area contributed by atoms with Gasteiger partial charge in [0.25, 0.3) is 0 Å². The Morgan fingerprint density at radius 1 is 1.50 bits per heavy atom. The minimum Gasteiger partial charge on any atom is -0.387 e. The van der Waals surface area contributed by atoms with Crippen molar-refractivity contribution in [3.63, 3.8) is 0 Å². The summed E-state index contributed by atoms with van der Waals surface area (Å²) < 4.78 is 13.5. The fourth-order valence-corrected chi connectivity index (χ4v) is 3.59. The molecule has 0 radical (unpaired) electrons. The van der Waals surface area contributed by atoms with Crippen LogP contribution in [0.15, 0.2) is 12.7 Å². The molecule has 2 N–H and O–H groups in total. The maximum Gasteiger partial charge on any atom is 0.167 e. The quantitative estimate of drug-likeness (QED) is 0.791. The molecule has 2 aromatic rings. The van der Waals surface area contributed by atoms with E-state index in [9.17, 15) is 5.11 Å². The summed E-state index contributed by atoms with van der Waals surface area (Å²) in [5.74, 6) is 0.653. The molecule has 1 aliphatic rings. The third kappa shape index (κ3) is 2.59. The first-order valence-electron chi connectivity index (χ1n) is 7.01. The van der Waals surface area contributed by atoms with Crippen LogP contribution in [-0.4, -0.2) is 50.0 Å². The summed E-state index contributed by atoms with van der Waals surface area (Å²) in [7, 11) is 4.49. The second-order valence-electron chi connectivity index (χ2n) is 4.96. The van der Waals surface area contributed by atoms with Crippen molar-refractivity contribution in [2.75, 3.05) is 12.4 Å². The Kier molecular flexibility index (Phi) is 4.85. The minimum absolute atomic E-state index is 0.182. The van der Waals surface area contributed by atoms with Gasteiger partial charge in [0.15, 0.2) is 17.7 Å². The fourth-order valence-electron chi connectivity index (χ4n) is 2.71. The Balaban J connectivity index is 2.02. The van der Waals surface area contributed by atoms with Crippen LogP contribution in [0, 0.1) is 0 Å². The van der Waals surface area contributed by atoms with Gasteiger partial charge in [-0.25, -0.2) is 15.0 Å². The summed E-state index contributed by atoms with van der Waals surface area (Å²) in [5, 5.41) is 13.4. The highest BCUT2D eigenvalue weighted by Crippen LogP contribution is 2.39. The number of rotatable bonds is 5. The third-order valence-corrected chi connectivity index (χ3v) is 4.61. The molecule has 0 spiro atoms. The van der Waals surface area contributed by atoms with E-state index in [4.69, 9.17) is 9.26 Å². The molecule has 0 aromatic carbocycles. The Morgan fingerprint density at radius 2 is 2.32 bits per heavy atom. The summed E-state index contributed by atoms with van der Waals surface area (Å²) in [4.78, 5) is 12.8. The zero-order chi connectivity index (χ0) is 15.7. The summed E-state index contributed by atoms with van der Waals surface area (Å²) in [6, 6.07) is 0. The lowest BCUT2D eigenvalue weighted by Crippen LogP contribution is -2.32. The average Bonchev–Trinajstić information content (AvgIpc) is 3.09. The van der Waals surface area contributed by atoms with Gasteiger partial charge < -0.3 is 19.7 Å². The summed E-state index contributed by atoms with van der Waals surface area (Å²) in [5.41, 5.74) is 1.31. The van der Waals surface area contributed by atoms with E-state index >= 15 is 0 Å². The molecule has 120 valence electrons.